The van der Waals surface area contributed by atoms with Gasteiger partial charge in [-0.2, -0.15) is 0 Å². The van der Waals surface area contributed by atoms with E-state index < -0.39 is 15.3 Å². The standard InChI is InChI=1S/C20H24N4O3S3/c1-4-11-24-17-10-9-14(30(21,26)27)12-16(17)23-20(24)29-13(2)19(25)22-15-7-5-6-8-18(15)28-3/h5-10,12-13H,4,11H2,1-3H3,(H,22,25)(H2,21,26,27). The van der Waals surface area contributed by atoms with E-state index in [1.165, 1.54) is 23.9 Å². The minimum Gasteiger partial charge on any atom is -0.324 e. The number of rotatable bonds is 8. The average Bonchev–Trinajstić information content (AvgIpc) is 3.04. The second-order valence-electron chi connectivity index (χ2n) is 6.69. The highest BCUT2D eigenvalue weighted by molar-refractivity contribution is 8.00. The van der Waals surface area contributed by atoms with Gasteiger partial charge in [0.15, 0.2) is 5.16 Å². The zero-order valence-corrected chi connectivity index (χ0v) is 19.4. The van der Waals surface area contributed by atoms with Gasteiger partial charge in [0.05, 0.1) is 26.9 Å². The van der Waals surface area contributed by atoms with E-state index in [0.29, 0.717) is 17.2 Å². The molecule has 10 heteroatoms. The fraction of sp³-hybridized carbons (Fsp3) is 0.300. The number of nitrogens with zero attached hydrogens (tertiary/aromatic N) is 2. The second-order valence-corrected chi connectivity index (χ2v) is 10.4. The van der Waals surface area contributed by atoms with Crippen LogP contribution in [0.1, 0.15) is 20.3 Å². The number of hydrogen-bond acceptors (Lipinski definition) is 6. The third-order valence-electron chi connectivity index (χ3n) is 4.48. The zero-order valence-electron chi connectivity index (χ0n) is 17.0. The molecule has 0 aliphatic rings. The van der Waals surface area contributed by atoms with Crippen molar-refractivity contribution in [3.05, 3.63) is 42.5 Å². The minimum atomic E-state index is -3.81. The van der Waals surface area contributed by atoms with Crippen molar-refractivity contribution in [3.63, 3.8) is 0 Å². The SMILES string of the molecule is CCCn1c(SC(C)C(=O)Nc2ccccc2SC)nc2cc(S(N)(=O)=O)ccc21. The fourth-order valence-corrected chi connectivity index (χ4v) is 5.03. The van der Waals surface area contributed by atoms with E-state index in [4.69, 9.17) is 5.14 Å². The predicted molar refractivity (Wildman–Crippen MR) is 124 cm³/mol. The highest BCUT2D eigenvalue weighted by Crippen LogP contribution is 2.30. The molecular weight excluding hydrogens is 440 g/mol. The highest BCUT2D eigenvalue weighted by atomic mass is 32.2. The molecule has 0 bridgehead atoms. The van der Waals surface area contributed by atoms with Crippen LogP contribution in [0.15, 0.2) is 57.4 Å². The van der Waals surface area contributed by atoms with E-state index in [1.807, 2.05) is 42.0 Å². The number of thioether (sulfide) groups is 2. The highest BCUT2D eigenvalue weighted by Gasteiger charge is 2.21. The number of carbonyl (C=O) groups is 1. The number of nitrogens with one attached hydrogen (secondary N) is 1. The molecule has 3 N–H and O–H groups in total. The molecule has 0 aliphatic carbocycles. The number of aromatic nitrogens is 2. The van der Waals surface area contributed by atoms with Crippen LogP contribution in [-0.2, 0) is 21.4 Å². The first-order chi connectivity index (χ1) is 14.2. The molecule has 30 heavy (non-hydrogen) atoms. The molecule has 0 radical (unpaired) electrons. The van der Waals surface area contributed by atoms with Gasteiger partial charge >= 0.3 is 0 Å². The van der Waals surface area contributed by atoms with E-state index >= 15 is 0 Å². The number of para-hydroxylation sites is 1. The molecule has 3 rings (SSSR count). The molecule has 1 amide bonds. The summed E-state index contributed by atoms with van der Waals surface area (Å²) in [7, 11) is -3.81. The second kappa shape index (κ2) is 9.42. The largest absolute Gasteiger partial charge is 0.324 e. The minimum absolute atomic E-state index is 0.0205. The van der Waals surface area contributed by atoms with Crippen LogP contribution in [0.5, 0.6) is 0 Å². The van der Waals surface area contributed by atoms with Crippen molar-refractivity contribution in [2.45, 2.75) is 47.0 Å². The summed E-state index contributed by atoms with van der Waals surface area (Å²) in [6.07, 6.45) is 2.84. The number of benzene rings is 2. The van der Waals surface area contributed by atoms with Crippen LogP contribution in [0.3, 0.4) is 0 Å². The van der Waals surface area contributed by atoms with Crippen molar-refractivity contribution < 1.29 is 13.2 Å². The molecule has 0 aliphatic heterocycles. The third-order valence-corrected chi connectivity index (χ3v) is 7.27. The van der Waals surface area contributed by atoms with E-state index in [9.17, 15) is 13.2 Å². The summed E-state index contributed by atoms with van der Waals surface area (Å²) in [4.78, 5) is 18.4. The number of fused-ring (bicyclic) bond motifs is 1. The first kappa shape index (κ1) is 22.7. The Hall–Kier alpha value is -2.01. The van der Waals surface area contributed by atoms with Crippen molar-refractivity contribution in [1.29, 1.82) is 0 Å². The number of hydrogen-bond donors (Lipinski definition) is 2. The van der Waals surface area contributed by atoms with Crippen LogP contribution in [-0.4, -0.2) is 35.4 Å². The maximum atomic E-state index is 12.8. The van der Waals surface area contributed by atoms with Gasteiger partial charge in [0.1, 0.15) is 0 Å². The van der Waals surface area contributed by atoms with Gasteiger partial charge in [-0.1, -0.05) is 30.8 Å². The molecule has 1 atom stereocenters. The smallest absolute Gasteiger partial charge is 0.238 e. The Bertz CT molecular complexity index is 1180. The molecule has 3 aromatic rings. The van der Waals surface area contributed by atoms with Crippen LogP contribution in [0.2, 0.25) is 0 Å². The Labute approximate surface area is 184 Å². The number of nitrogens with two attached hydrogens (primary N) is 1. The Balaban J connectivity index is 1.87. The van der Waals surface area contributed by atoms with Gasteiger partial charge < -0.3 is 9.88 Å². The van der Waals surface area contributed by atoms with Crippen molar-refractivity contribution >= 4 is 56.2 Å². The molecule has 0 saturated carbocycles. The molecule has 7 nitrogen and oxygen atoms in total. The number of amides is 1. The molecule has 1 heterocycles. The Morgan fingerprint density at radius 2 is 2.00 bits per heavy atom. The molecule has 160 valence electrons. The summed E-state index contributed by atoms with van der Waals surface area (Å²) in [5.41, 5.74) is 2.13. The summed E-state index contributed by atoms with van der Waals surface area (Å²) in [6.45, 7) is 4.58. The summed E-state index contributed by atoms with van der Waals surface area (Å²) in [6, 6.07) is 12.3. The zero-order chi connectivity index (χ0) is 21.9. The molecule has 1 unspecified atom stereocenters. The maximum absolute atomic E-state index is 12.8. The molecular formula is C20H24N4O3S3. The summed E-state index contributed by atoms with van der Waals surface area (Å²) in [5, 5.41) is 8.50. The lowest BCUT2D eigenvalue weighted by Crippen LogP contribution is -2.23. The first-order valence-electron chi connectivity index (χ1n) is 9.38. The summed E-state index contributed by atoms with van der Waals surface area (Å²) >= 11 is 2.91. The van der Waals surface area contributed by atoms with Crippen LogP contribution in [0.4, 0.5) is 5.69 Å². The number of primary sulfonamides is 1. The fourth-order valence-electron chi connectivity index (χ4n) is 2.99. The van der Waals surface area contributed by atoms with Crippen molar-refractivity contribution in [1.82, 2.24) is 9.55 Å². The number of anilines is 1. The van der Waals surface area contributed by atoms with Crippen LogP contribution in [0.25, 0.3) is 11.0 Å². The Kier molecular flexibility index (Phi) is 7.12. The van der Waals surface area contributed by atoms with Gasteiger partial charge in [-0.25, -0.2) is 18.5 Å². The number of aryl methyl sites for hydroxylation is 1. The monoisotopic (exact) mass is 464 g/mol. The Morgan fingerprint density at radius 1 is 1.27 bits per heavy atom. The van der Waals surface area contributed by atoms with Crippen LogP contribution in [0, 0.1) is 0 Å². The molecule has 0 saturated heterocycles. The average molecular weight is 465 g/mol. The van der Waals surface area contributed by atoms with Crippen LogP contribution >= 0.6 is 23.5 Å². The van der Waals surface area contributed by atoms with Gasteiger partial charge in [0, 0.05) is 11.4 Å². The van der Waals surface area contributed by atoms with Crippen molar-refractivity contribution in [2.75, 3.05) is 11.6 Å². The normalized spacial score (nSPS) is 12.8. The molecule has 0 fully saturated rings. The lowest BCUT2D eigenvalue weighted by molar-refractivity contribution is -0.115. The van der Waals surface area contributed by atoms with E-state index in [2.05, 4.69) is 17.2 Å². The lowest BCUT2D eigenvalue weighted by atomic mass is 10.3. The first-order valence-corrected chi connectivity index (χ1v) is 13.0. The number of sulfonamides is 1. The molecule has 2 aromatic carbocycles. The Morgan fingerprint density at radius 3 is 2.67 bits per heavy atom. The van der Waals surface area contributed by atoms with Gasteiger partial charge in [0.25, 0.3) is 0 Å². The number of carbonyl (C=O) groups excluding carboxylic acids is 1. The summed E-state index contributed by atoms with van der Waals surface area (Å²) in [5.74, 6) is -0.123. The third kappa shape index (κ3) is 5.00. The van der Waals surface area contributed by atoms with Gasteiger partial charge in [-0.05, 0) is 49.9 Å². The van der Waals surface area contributed by atoms with E-state index in [1.54, 1.807) is 17.8 Å². The quantitative estimate of drug-likeness (QED) is 0.489. The summed E-state index contributed by atoms with van der Waals surface area (Å²) < 4.78 is 25.3. The van der Waals surface area contributed by atoms with Gasteiger partial charge in [-0.3, -0.25) is 4.79 Å². The van der Waals surface area contributed by atoms with Gasteiger partial charge in [0.2, 0.25) is 15.9 Å². The van der Waals surface area contributed by atoms with Gasteiger partial charge in [-0.15, -0.1) is 11.8 Å². The van der Waals surface area contributed by atoms with E-state index in [0.717, 1.165) is 22.5 Å². The van der Waals surface area contributed by atoms with Crippen molar-refractivity contribution in [2.24, 2.45) is 5.14 Å². The molecule has 0 spiro atoms. The topological polar surface area (TPSA) is 107 Å². The van der Waals surface area contributed by atoms with Crippen molar-refractivity contribution in [3.8, 4) is 0 Å². The predicted octanol–water partition coefficient (Wildman–Crippen LogP) is 3.93. The van der Waals surface area contributed by atoms with Crippen LogP contribution < -0.4 is 10.5 Å². The van der Waals surface area contributed by atoms with E-state index in [-0.39, 0.29) is 10.8 Å². The lowest BCUT2D eigenvalue weighted by Gasteiger charge is -2.14. The number of imidazole rings is 1. The molecule has 1 aromatic heterocycles. The maximum Gasteiger partial charge on any atom is 0.238 e.